The van der Waals surface area contributed by atoms with Crippen LogP contribution in [0, 0.1) is 6.92 Å². The first-order valence-electron chi connectivity index (χ1n) is 10.2. The van der Waals surface area contributed by atoms with Crippen molar-refractivity contribution in [2.45, 2.75) is 45.6 Å². The minimum atomic E-state index is -0.409. The smallest absolute Gasteiger partial charge is 0.113 e. The quantitative estimate of drug-likeness (QED) is 0.431. The normalized spacial score (nSPS) is 13.1. The molecule has 1 unspecified atom stereocenters. The van der Waals surface area contributed by atoms with Crippen molar-refractivity contribution >= 4 is 22.8 Å². The lowest BCUT2D eigenvalue weighted by atomic mass is 9.95. The number of ether oxygens (including phenoxy) is 1. The number of aryl methyl sites for hydroxylation is 3. The minimum absolute atomic E-state index is 0.409. The van der Waals surface area contributed by atoms with Gasteiger partial charge in [0.25, 0.3) is 0 Å². The lowest BCUT2D eigenvalue weighted by Crippen LogP contribution is -2.42. The van der Waals surface area contributed by atoms with E-state index in [1.165, 1.54) is 5.56 Å². The summed E-state index contributed by atoms with van der Waals surface area (Å²) in [6.45, 7) is 14.5. The Hall–Kier alpha value is -2.72. The van der Waals surface area contributed by atoms with E-state index < -0.39 is 5.54 Å². The van der Waals surface area contributed by atoms with Gasteiger partial charge in [-0.2, -0.15) is 5.10 Å². The maximum absolute atomic E-state index is 6.32. The number of nitrogens with zero attached hydrogens (tertiary/aromatic N) is 2. The average molecular weight is 424 g/mol. The first kappa shape index (κ1) is 22.0. The van der Waals surface area contributed by atoms with Crippen LogP contribution in [0.4, 0.5) is 0 Å². The van der Waals surface area contributed by atoms with Crippen molar-refractivity contribution in [3.05, 3.63) is 88.9 Å². The molecule has 3 rings (SSSR count). The molecule has 0 fully saturated rings. The van der Waals surface area contributed by atoms with E-state index in [0.717, 1.165) is 52.3 Å². The Kier molecular flexibility index (Phi) is 6.57. The molecular weight excluding hydrogens is 394 g/mol. The number of fused-ring (bicyclic) bond motifs is 1. The Balaban J connectivity index is 1.89. The second-order valence-corrected chi connectivity index (χ2v) is 8.24. The van der Waals surface area contributed by atoms with Crippen LogP contribution in [0.2, 0.25) is 5.02 Å². The zero-order chi connectivity index (χ0) is 21.9. The number of rotatable bonds is 9. The molecule has 0 aliphatic rings. The van der Waals surface area contributed by atoms with E-state index in [0.29, 0.717) is 5.76 Å². The van der Waals surface area contributed by atoms with Gasteiger partial charge in [0.15, 0.2) is 0 Å². The standard InChI is InChI=1S/C25H30ClN3O/c1-7-25(5,19(4)30-6)27-17(2)24-18(3)28-29-15-14-20(16-23(24)29)12-13-21-10-8-9-11-22(21)26/h8-11,14-16,27H,2,4,7,12-13H2,1,3,5-6H3. The summed E-state index contributed by atoms with van der Waals surface area (Å²) in [7, 11) is 1.65. The van der Waals surface area contributed by atoms with Crippen LogP contribution in [0.5, 0.6) is 0 Å². The minimum Gasteiger partial charge on any atom is -0.499 e. The van der Waals surface area contributed by atoms with Crippen molar-refractivity contribution in [2.24, 2.45) is 0 Å². The average Bonchev–Trinajstić information content (AvgIpc) is 3.07. The maximum Gasteiger partial charge on any atom is 0.113 e. The fourth-order valence-corrected chi connectivity index (χ4v) is 3.92. The summed E-state index contributed by atoms with van der Waals surface area (Å²) < 4.78 is 7.32. The zero-order valence-electron chi connectivity index (χ0n) is 18.3. The molecule has 5 heteroatoms. The molecule has 30 heavy (non-hydrogen) atoms. The number of nitrogens with one attached hydrogen (secondary N) is 1. The largest absolute Gasteiger partial charge is 0.499 e. The molecule has 0 saturated carbocycles. The molecule has 4 nitrogen and oxygen atoms in total. The summed E-state index contributed by atoms with van der Waals surface area (Å²) in [4.78, 5) is 0. The summed E-state index contributed by atoms with van der Waals surface area (Å²) in [6.07, 6.45) is 4.62. The van der Waals surface area contributed by atoms with Crippen LogP contribution in [0.1, 0.15) is 42.7 Å². The first-order chi connectivity index (χ1) is 14.3. The number of halogens is 1. The third-order valence-electron chi connectivity index (χ3n) is 5.81. The summed E-state index contributed by atoms with van der Waals surface area (Å²) in [5.74, 6) is 0.681. The Morgan fingerprint density at radius 2 is 1.97 bits per heavy atom. The second-order valence-electron chi connectivity index (χ2n) is 7.83. The van der Waals surface area contributed by atoms with Crippen molar-refractivity contribution in [3.63, 3.8) is 0 Å². The highest BCUT2D eigenvalue weighted by molar-refractivity contribution is 6.31. The van der Waals surface area contributed by atoms with Crippen molar-refractivity contribution in [3.8, 4) is 0 Å². The van der Waals surface area contributed by atoms with Gasteiger partial charge in [-0.3, -0.25) is 0 Å². The van der Waals surface area contributed by atoms with E-state index in [9.17, 15) is 0 Å². The van der Waals surface area contributed by atoms with E-state index >= 15 is 0 Å². The Labute approximate surface area is 184 Å². The van der Waals surface area contributed by atoms with Gasteiger partial charge in [0.1, 0.15) is 5.76 Å². The number of aromatic nitrogens is 2. The van der Waals surface area contributed by atoms with Gasteiger partial charge in [-0.15, -0.1) is 0 Å². The summed E-state index contributed by atoms with van der Waals surface area (Å²) in [5, 5.41) is 9.01. The Bertz CT molecular complexity index is 1090. The predicted octanol–water partition coefficient (Wildman–Crippen LogP) is 5.97. The third-order valence-corrected chi connectivity index (χ3v) is 6.18. The summed E-state index contributed by atoms with van der Waals surface area (Å²) in [5.41, 5.74) is 5.77. The molecule has 1 aromatic carbocycles. The summed E-state index contributed by atoms with van der Waals surface area (Å²) >= 11 is 6.32. The van der Waals surface area contributed by atoms with Gasteiger partial charge in [-0.05, 0) is 62.4 Å². The number of hydrogen-bond donors (Lipinski definition) is 1. The van der Waals surface area contributed by atoms with Crippen molar-refractivity contribution in [1.82, 2.24) is 14.9 Å². The molecule has 0 radical (unpaired) electrons. The lowest BCUT2D eigenvalue weighted by molar-refractivity contribution is 0.214. The highest BCUT2D eigenvalue weighted by Gasteiger charge is 2.28. The molecule has 0 aliphatic heterocycles. The van der Waals surface area contributed by atoms with E-state index in [1.807, 2.05) is 35.8 Å². The molecule has 0 amide bonds. The number of methoxy groups -OCH3 is 1. The van der Waals surface area contributed by atoms with Gasteiger partial charge in [-0.1, -0.05) is 49.9 Å². The molecule has 0 bridgehead atoms. The molecule has 2 heterocycles. The van der Waals surface area contributed by atoms with Crippen LogP contribution >= 0.6 is 11.6 Å². The van der Waals surface area contributed by atoms with Gasteiger partial charge in [0.05, 0.1) is 23.9 Å². The molecule has 0 spiro atoms. The highest BCUT2D eigenvalue weighted by atomic mass is 35.5. The molecule has 1 N–H and O–H groups in total. The van der Waals surface area contributed by atoms with Gasteiger partial charge in [0.2, 0.25) is 0 Å². The molecule has 0 aliphatic carbocycles. The number of benzene rings is 1. The molecule has 1 atom stereocenters. The van der Waals surface area contributed by atoms with Crippen molar-refractivity contribution < 1.29 is 4.74 Å². The topological polar surface area (TPSA) is 38.6 Å². The van der Waals surface area contributed by atoms with Crippen LogP contribution in [0.15, 0.2) is 61.5 Å². The van der Waals surface area contributed by atoms with Crippen molar-refractivity contribution in [2.75, 3.05) is 7.11 Å². The fraction of sp³-hybridized carbons (Fsp3) is 0.320. The van der Waals surface area contributed by atoms with E-state index in [1.54, 1.807) is 7.11 Å². The zero-order valence-corrected chi connectivity index (χ0v) is 19.0. The first-order valence-corrected chi connectivity index (χ1v) is 10.6. The Morgan fingerprint density at radius 1 is 1.23 bits per heavy atom. The number of hydrogen-bond acceptors (Lipinski definition) is 3. The molecule has 0 saturated heterocycles. The van der Waals surface area contributed by atoms with Gasteiger partial charge in [-0.25, -0.2) is 4.52 Å². The molecule has 158 valence electrons. The second kappa shape index (κ2) is 8.97. The monoisotopic (exact) mass is 423 g/mol. The SMILES string of the molecule is C=C(NC(C)(CC)C(=C)OC)c1c(C)nn2ccc(CCc3ccccc3Cl)cc12. The van der Waals surface area contributed by atoms with Crippen LogP contribution < -0.4 is 5.32 Å². The predicted molar refractivity (Wildman–Crippen MR) is 126 cm³/mol. The van der Waals surface area contributed by atoms with E-state index in [-0.39, 0.29) is 0 Å². The Morgan fingerprint density at radius 3 is 2.63 bits per heavy atom. The van der Waals surface area contributed by atoms with E-state index in [2.05, 4.69) is 55.6 Å². The van der Waals surface area contributed by atoms with Gasteiger partial charge in [0, 0.05) is 22.5 Å². The lowest BCUT2D eigenvalue weighted by Gasteiger charge is -2.32. The number of pyridine rings is 1. The highest BCUT2D eigenvalue weighted by Crippen LogP contribution is 2.28. The van der Waals surface area contributed by atoms with Crippen molar-refractivity contribution in [1.29, 1.82) is 0 Å². The van der Waals surface area contributed by atoms with Crippen LogP contribution in [0.3, 0.4) is 0 Å². The van der Waals surface area contributed by atoms with Crippen LogP contribution in [0.25, 0.3) is 11.2 Å². The van der Waals surface area contributed by atoms with Gasteiger partial charge < -0.3 is 10.1 Å². The van der Waals surface area contributed by atoms with Crippen LogP contribution in [-0.4, -0.2) is 22.3 Å². The third kappa shape index (κ3) is 4.39. The van der Waals surface area contributed by atoms with Crippen LogP contribution in [-0.2, 0) is 17.6 Å². The summed E-state index contributed by atoms with van der Waals surface area (Å²) in [6, 6.07) is 12.3. The molecule has 3 aromatic rings. The molecule has 2 aromatic heterocycles. The fourth-order valence-electron chi connectivity index (χ4n) is 3.69. The van der Waals surface area contributed by atoms with Gasteiger partial charge >= 0.3 is 0 Å². The molecular formula is C25H30ClN3O. The maximum atomic E-state index is 6.32. The van der Waals surface area contributed by atoms with E-state index in [4.69, 9.17) is 16.3 Å².